The molecule has 0 aromatic heterocycles. The highest BCUT2D eigenvalue weighted by Gasteiger charge is 2.29. The molecular weight excluding hydrogens is 216 g/mol. The molecule has 1 heterocycles. The summed E-state index contributed by atoms with van der Waals surface area (Å²) in [6.45, 7) is 4.79. The second-order valence-electron chi connectivity index (χ2n) is 4.27. The quantitative estimate of drug-likeness (QED) is 0.849. The summed E-state index contributed by atoms with van der Waals surface area (Å²) in [7, 11) is 0. The van der Waals surface area contributed by atoms with Crippen molar-refractivity contribution in [1.82, 2.24) is 4.90 Å². The van der Waals surface area contributed by atoms with E-state index >= 15 is 0 Å². The maximum atomic E-state index is 12.0. The van der Waals surface area contributed by atoms with Gasteiger partial charge in [0.15, 0.2) is 0 Å². The van der Waals surface area contributed by atoms with Crippen molar-refractivity contribution >= 4 is 5.91 Å². The van der Waals surface area contributed by atoms with Gasteiger partial charge in [-0.05, 0) is 37.7 Å². The summed E-state index contributed by atoms with van der Waals surface area (Å²) in [5.74, 6) is 1.35. The highest BCUT2D eigenvalue weighted by molar-refractivity contribution is 5.94. The molecule has 4 nitrogen and oxygen atoms in total. The van der Waals surface area contributed by atoms with Gasteiger partial charge in [-0.15, -0.1) is 0 Å². The predicted octanol–water partition coefficient (Wildman–Crippen LogP) is 1.12. The summed E-state index contributed by atoms with van der Waals surface area (Å²) in [6.07, 6.45) is 0. The van der Waals surface area contributed by atoms with Gasteiger partial charge in [-0.2, -0.15) is 0 Å². The maximum absolute atomic E-state index is 12.0. The Bertz CT molecular complexity index is 383. The molecule has 1 aliphatic heterocycles. The highest BCUT2D eigenvalue weighted by Crippen LogP contribution is 2.19. The van der Waals surface area contributed by atoms with Crippen molar-refractivity contribution in [2.75, 3.05) is 26.2 Å². The van der Waals surface area contributed by atoms with Crippen molar-refractivity contribution in [2.45, 2.75) is 6.92 Å². The molecule has 4 heteroatoms. The van der Waals surface area contributed by atoms with E-state index in [1.54, 1.807) is 0 Å². The fraction of sp³-hybridized carbons (Fsp3) is 0.462. The van der Waals surface area contributed by atoms with E-state index in [1.807, 2.05) is 36.1 Å². The number of ether oxygens (including phenoxy) is 1. The molecule has 1 aromatic carbocycles. The summed E-state index contributed by atoms with van der Waals surface area (Å²) >= 11 is 0. The van der Waals surface area contributed by atoms with Crippen molar-refractivity contribution in [3.8, 4) is 5.75 Å². The first kappa shape index (κ1) is 11.9. The molecular formula is C13H18N2O2. The Morgan fingerprint density at radius 3 is 2.59 bits per heavy atom. The summed E-state index contributed by atoms with van der Waals surface area (Å²) in [4.78, 5) is 13.8. The van der Waals surface area contributed by atoms with Crippen LogP contribution in [-0.4, -0.2) is 37.0 Å². The minimum Gasteiger partial charge on any atom is -0.494 e. The van der Waals surface area contributed by atoms with Crippen molar-refractivity contribution in [1.29, 1.82) is 0 Å². The molecule has 0 saturated carbocycles. The van der Waals surface area contributed by atoms with E-state index in [9.17, 15) is 4.79 Å². The van der Waals surface area contributed by atoms with E-state index < -0.39 is 0 Å². The van der Waals surface area contributed by atoms with E-state index in [0.29, 0.717) is 24.6 Å². The van der Waals surface area contributed by atoms with E-state index in [1.165, 1.54) is 0 Å². The van der Waals surface area contributed by atoms with Gasteiger partial charge in [-0.25, -0.2) is 0 Å². The molecule has 2 N–H and O–H groups in total. The zero-order valence-electron chi connectivity index (χ0n) is 10.1. The predicted molar refractivity (Wildman–Crippen MR) is 66.1 cm³/mol. The molecule has 1 saturated heterocycles. The van der Waals surface area contributed by atoms with E-state index in [0.717, 1.165) is 18.8 Å². The molecule has 0 unspecified atom stereocenters. The smallest absolute Gasteiger partial charge is 0.253 e. The lowest BCUT2D eigenvalue weighted by Crippen LogP contribution is -2.52. The fourth-order valence-corrected chi connectivity index (χ4v) is 1.93. The van der Waals surface area contributed by atoms with Gasteiger partial charge in [0.05, 0.1) is 6.61 Å². The van der Waals surface area contributed by atoms with Crippen LogP contribution in [0.3, 0.4) is 0 Å². The zero-order valence-corrected chi connectivity index (χ0v) is 10.1. The van der Waals surface area contributed by atoms with Gasteiger partial charge >= 0.3 is 0 Å². The number of carbonyl (C=O) groups excluding carboxylic acids is 1. The van der Waals surface area contributed by atoms with Crippen LogP contribution in [-0.2, 0) is 0 Å². The number of benzene rings is 1. The summed E-state index contributed by atoms with van der Waals surface area (Å²) < 4.78 is 5.33. The van der Waals surface area contributed by atoms with Crippen molar-refractivity contribution < 1.29 is 9.53 Å². The molecule has 17 heavy (non-hydrogen) atoms. The number of nitrogens with zero attached hydrogens (tertiary/aromatic N) is 1. The summed E-state index contributed by atoms with van der Waals surface area (Å²) in [5, 5.41) is 0. The molecule has 1 fully saturated rings. The third-order valence-corrected chi connectivity index (χ3v) is 2.99. The van der Waals surface area contributed by atoms with Gasteiger partial charge in [-0.1, -0.05) is 0 Å². The SMILES string of the molecule is CCOc1ccc(C(=O)N2CC(CN)C2)cc1. The number of amides is 1. The Balaban J connectivity index is 1.96. The average molecular weight is 234 g/mol. The van der Waals surface area contributed by atoms with Crippen LogP contribution < -0.4 is 10.5 Å². The molecule has 1 aliphatic rings. The van der Waals surface area contributed by atoms with Crippen molar-refractivity contribution in [3.05, 3.63) is 29.8 Å². The topological polar surface area (TPSA) is 55.6 Å². The van der Waals surface area contributed by atoms with Crippen LogP contribution in [0.1, 0.15) is 17.3 Å². The van der Waals surface area contributed by atoms with Crippen molar-refractivity contribution in [3.63, 3.8) is 0 Å². The Hall–Kier alpha value is -1.55. The normalized spacial score (nSPS) is 15.5. The van der Waals surface area contributed by atoms with Crippen LogP contribution in [0.15, 0.2) is 24.3 Å². The third-order valence-electron chi connectivity index (χ3n) is 2.99. The minimum absolute atomic E-state index is 0.0812. The number of likely N-dealkylation sites (tertiary alicyclic amines) is 1. The van der Waals surface area contributed by atoms with Gasteiger partial charge in [0, 0.05) is 24.6 Å². The molecule has 1 amide bonds. The van der Waals surface area contributed by atoms with Crippen LogP contribution in [0.25, 0.3) is 0 Å². The van der Waals surface area contributed by atoms with E-state index in [4.69, 9.17) is 10.5 Å². The van der Waals surface area contributed by atoms with Gasteiger partial charge in [-0.3, -0.25) is 4.79 Å². The maximum Gasteiger partial charge on any atom is 0.253 e. The summed E-state index contributed by atoms with van der Waals surface area (Å²) in [6, 6.07) is 7.28. The molecule has 0 atom stereocenters. The minimum atomic E-state index is 0.0812. The Morgan fingerprint density at radius 1 is 1.41 bits per heavy atom. The second kappa shape index (κ2) is 5.19. The van der Waals surface area contributed by atoms with Crippen LogP contribution in [0.2, 0.25) is 0 Å². The Kier molecular flexibility index (Phi) is 3.64. The van der Waals surface area contributed by atoms with E-state index in [2.05, 4.69) is 0 Å². The highest BCUT2D eigenvalue weighted by atomic mass is 16.5. The van der Waals surface area contributed by atoms with Crippen LogP contribution in [0.5, 0.6) is 5.75 Å². The number of nitrogens with two attached hydrogens (primary N) is 1. The first-order valence-electron chi connectivity index (χ1n) is 5.96. The molecule has 2 rings (SSSR count). The third kappa shape index (κ3) is 2.58. The summed E-state index contributed by atoms with van der Waals surface area (Å²) in [5.41, 5.74) is 6.25. The molecule has 92 valence electrons. The molecule has 0 bridgehead atoms. The number of hydrogen-bond donors (Lipinski definition) is 1. The van der Waals surface area contributed by atoms with Gasteiger partial charge in [0.25, 0.3) is 5.91 Å². The monoisotopic (exact) mass is 234 g/mol. The largest absolute Gasteiger partial charge is 0.494 e. The van der Waals surface area contributed by atoms with Crippen molar-refractivity contribution in [2.24, 2.45) is 11.7 Å². The zero-order chi connectivity index (χ0) is 12.3. The van der Waals surface area contributed by atoms with Gasteiger partial charge in [0.1, 0.15) is 5.75 Å². The first-order valence-corrected chi connectivity index (χ1v) is 5.96. The number of rotatable bonds is 4. The number of hydrogen-bond acceptors (Lipinski definition) is 3. The lowest BCUT2D eigenvalue weighted by atomic mass is 9.99. The molecule has 0 radical (unpaired) electrons. The Morgan fingerprint density at radius 2 is 2.06 bits per heavy atom. The standard InChI is InChI=1S/C13H18N2O2/c1-2-17-12-5-3-11(4-6-12)13(16)15-8-10(7-14)9-15/h3-6,10H,2,7-9,14H2,1H3. The lowest BCUT2D eigenvalue weighted by molar-refractivity contribution is 0.0515. The van der Waals surface area contributed by atoms with Crippen LogP contribution >= 0.6 is 0 Å². The van der Waals surface area contributed by atoms with E-state index in [-0.39, 0.29) is 5.91 Å². The van der Waals surface area contributed by atoms with Crippen LogP contribution in [0, 0.1) is 5.92 Å². The Labute approximate surface area is 101 Å². The second-order valence-corrected chi connectivity index (χ2v) is 4.27. The average Bonchev–Trinajstić information content (AvgIpc) is 2.29. The number of carbonyl (C=O) groups is 1. The van der Waals surface area contributed by atoms with Gasteiger partial charge < -0.3 is 15.4 Å². The molecule has 0 spiro atoms. The fourth-order valence-electron chi connectivity index (χ4n) is 1.93. The first-order chi connectivity index (χ1) is 8.24. The van der Waals surface area contributed by atoms with Gasteiger partial charge in [0.2, 0.25) is 0 Å². The lowest BCUT2D eigenvalue weighted by Gasteiger charge is -2.38. The molecule has 1 aromatic rings. The van der Waals surface area contributed by atoms with Crippen LogP contribution in [0.4, 0.5) is 0 Å². The molecule has 0 aliphatic carbocycles.